The third-order valence-corrected chi connectivity index (χ3v) is 4.76. The number of amides is 1. The normalized spacial score (nSPS) is 22.5. The topological polar surface area (TPSA) is 32.3 Å². The molecular weight excluding hydrogens is 292 g/mol. The van der Waals surface area contributed by atoms with Gasteiger partial charge in [-0.1, -0.05) is 38.1 Å². The van der Waals surface area contributed by atoms with E-state index in [1.54, 1.807) is 11.8 Å². The minimum atomic E-state index is 0.113. The van der Waals surface area contributed by atoms with E-state index in [2.05, 4.69) is 48.3 Å². The summed E-state index contributed by atoms with van der Waals surface area (Å²) >= 11 is 1.56. The second-order valence-corrected chi connectivity index (χ2v) is 7.48. The lowest BCUT2D eigenvalue weighted by molar-refractivity contribution is -0.118. The largest absolute Gasteiger partial charge is 0.351 e. The molecule has 2 rings (SSSR count). The maximum absolute atomic E-state index is 11.7. The van der Waals surface area contributed by atoms with Crippen molar-refractivity contribution in [1.29, 1.82) is 0 Å². The van der Waals surface area contributed by atoms with Crippen molar-refractivity contribution in [2.75, 3.05) is 25.1 Å². The highest BCUT2D eigenvalue weighted by Crippen LogP contribution is 2.23. The highest BCUT2D eigenvalue weighted by Gasteiger charge is 2.22. The van der Waals surface area contributed by atoms with Crippen molar-refractivity contribution in [3.05, 3.63) is 35.4 Å². The van der Waals surface area contributed by atoms with E-state index in [0.717, 1.165) is 18.4 Å². The van der Waals surface area contributed by atoms with E-state index in [-0.39, 0.29) is 5.91 Å². The van der Waals surface area contributed by atoms with Crippen LogP contribution in [0.15, 0.2) is 24.3 Å². The van der Waals surface area contributed by atoms with Crippen molar-refractivity contribution in [3.8, 4) is 0 Å². The summed E-state index contributed by atoms with van der Waals surface area (Å²) < 4.78 is 0. The standard InChI is InChI=1S/C18H28N2OS/c1-14-8-15(2)11-20(10-14)12-17-7-5-4-6-16(17)9-19-18(21)13-22-3/h4-7,14-15H,8-13H2,1-3H3,(H,19,21). The van der Waals surface area contributed by atoms with Crippen molar-refractivity contribution >= 4 is 17.7 Å². The number of thioether (sulfide) groups is 1. The third kappa shape index (κ3) is 5.33. The highest BCUT2D eigenvalue weighted by molar-refractivity contribution is 7.99. The van der Waals surface area contributed by atoms with Crippen LogP contribution >= 0.6 is 11.8 Å². The van der Waals surface area contributed by atoms with Gasteiger partial charge in [0.2, 0.25) is 5.91 Å². The molecule has 2 unspecified atom stereocenters. The summed E-state index contributed by atoms with van der Waals surface area (Å²) in [4.78, 5) is 14.2. The summed E-state index contributed by atoms with van der Waals surface area (Å²) in [5, 5.41) is 3.02. The third-order valence-electron chi connectivity index (χ3n) is 4.21. The van der Waals surface area contributed by atoms with Gasteiger partial charge in [0, 0.05) is 26.2 Å². The molecule has 1 heterocycles. The minimum absolute atomic E-state index is 0.113. The molecule has 1 saturated heterocycles. The van der Waals surface area contributed by atoms with Crippen molar-refractivity contribution in [2.24, 2.45) is 11.8 Å². The molecule has 0 saturated carbocycles. The fourth-order valence-corrected chi connectivity index (χ4v) is 3.79. The molecule has 1 aromatic carbocycles. The SMILES string of the molecule is CSCC(=O)NCc1ccccc1CN1CC(C)CC(C)C1. The van der Waals surface area contributed by atoms with Gasteiger partial charge >= 0.3 is 0 Å². The van der Waals surface area contributed by atoms with Crippen LogP contribution in [0.3, 0.4) is 0 Å². The predicted octanol–water partition coefficient (Wildman–Crippen LogP) is 3.14. The number of piperidine rings is 1. The predicted molar refractivity (Wildman–Crippen MR) is 94.9 cm³/mol. The first-order valence-corrected chi connectivity index (χ1v) is 9.52. The fourth-order valence-electron chi connectivity index (χ4n) is 3.42. The number of nitrogens with zero attached hydrogens (tertiary/aromatic N) is 1. The van der Waals surface area contributed by atoms with Crippen LogP contribution in [-0.2, 0) is 17.9 Å². The zero-order valence-corrected chi connectivity index (χ0v) is 14.8. The Morgan fingerprint density at radius 1 is 1.23 bits per heavy atom. The lowest BCUT2D eigenvalue weighted by Crippen LogP contribution is -2.38. The van der Waals surface area contributed by atoms with Crippen LogP contribution in [0.5, 0.6) is 0 Å². The first-order chi connectivity index (χ1) is 10.6. The molecule has 1 amide bonds. The average molecular weight is 321 g/mol. The van der Waals surface area contributed by atoms with E-state index < -0.39 is 0 Å². The lowest BCUT2D eigenvalue weighted by Gasteiger charge is -2.35. The molecule has 122 valence electrons. The lowest BCUT2D eigenvalue weighted by atomic mass is 9.91. The molecule has 1 aromatic rings. The van der Waals surface area contributed by atoms with Crippen LogP contribution in [0.25, 0.3) is 0 Å². The zero-order chi connectivity index (χ0) is 15.9. The Morgan fingerprint density at radius 3 is 2.50 bits per heavy atom. The van der Waals surface area contributed by atoms with Gasteiger partial charge in [-0.15, -0.1) is 0 Å². The van der Waals surface area contributed by atoms with Crippen molar-refractivity contribution in [3.63, 3.8) is 0 Å². The molecule has 1 N–H and O–H groups in total. The highest BCUT2D eigenvalue weighted by atomic mass is 32.2. The molecule has 0 bridgehead atoms. The van der Waals surface area contributed by atoms with Crippen molar-refractivity contribution in [2.45, 2.75) is 33.4 Å². The number of hydrogen-bond acceptors (Lipinski definition) is 3. The molecule has 0 spiro atoms. The quantitative estimate of drug-likeness (QED) is 0.874. The van der Waals surface area contributed by atoms with Crippen LogP contribution in [0.1, 0.15) is 31.4 Å². The molecule has 1 aliphatic heterocycles. The summed E-state index contributed by atoms with van der Waals surface area (Å²) in [7, 11) is 0. The zero-order valence-electron chi connectivity index (χ0n) is 14.0. The van der Waals surface area contributed by atoms with Gasteiger partial charge in [0.15, 0.2) is 0 Å². The first kappa shape index (κ1) is 17.4. The van der Waals surface area contributed by atoms with Gasteiger partial charge in [-0.3, -0.25) is 9.69 Å². The van der Waals surface area contributed by atoms with Crippen LogP contribution in [0, 0.1) is 11.8 Å². The van der Waals surface area contributed by atoms with Crippen LogP contribution in [-0.4, -0.2) is 35.9 Å². The summed E-state index contributed by atoms with van der Waals surface area (Å²) in [5.74, 6) is 2.19. The van der Waals surface area contributed by atoms with Gasteiger partial charge in [0.1, 0.15) is 0 Å². The summed E-state index contributed by atoms with van der Waals surface area (Å²) in [6, 6.07) is 8.48. The van der Waals surface area contributed by atoms with Gasteiger partial charge in [0.05, 0.1) is 5.75 Å². The Balaban J connectivity index is 1.97. The number of carbonyl (C=O) groups excluding carboxylic acids is 1. The van der Waals surface area contributed by atoms with Crippen LogP contribution < -0.4 is 5.32 Å². The molecular formula is C18H28N2OS. The van der Waals surface area contributed by atoms with E-state index in [0.29, 0.717) is 12.3 Å². The van der Waals surface area contributed by atoms with E-state index in [1.165, 1.54) is 30.6 Å². The summed E-state index contributed by atoms with van der Waals surface area (Å²) in [6.07, 6.45) is 3.29. The number of benzene rings is 1. The molecule has 2 atom stereocenters. The first-order valence-electron chi connectivity index (χ1n) is 8.13. The Hall–Kier alpha value is -1.00. The molecule has 4 heteroatoms. The molecule has 0 radical (unpaired) electrons. The number of carbonyl (C=O) groups is 1. The fraction of sp³-hybridized carbons (Fsp3) is 0.611. The maximum atomic E-state index is 11.7. The molecule has 0 aromatic heterocycles. The number of hydrogen-bond donors (Lipinski definition) is 1. The van der Waals surface area contributed by atoms with Crippen LogP contribution in [0.4, 0.5) is 0 Å². The van der Waals surface area contributed by atoms with E-state index >= 15 is 0 Å². The van der Waals surface area contributed by atoms with Gasteiger partial charge in [-0.05, 0) is 35.6 Å². The molecule has 1 fully saturated rings. The number of rotatable bonds is 6. The van der Waals surface area contributed by atoms with E-state index in [1.807, 2.05) is 6.26 Å². The Morgan fingerprint density at radius 2 is 1.86 bits per heavy atom. The van der Waals surface area contributed by atoms with Gasteiger partial charge < -0.3 is 5.32 Å². The van der Waals surface area contributed by atoms with Crippen LogP contribution in [0.2, 0.25) is 0 Å². The van der Waals surface area contributed by atoms with Gasteiger partial charge in [0.25, 0.3) is 0 Å². The number of likely N-dealkylation sites (tertiary alicyclic amines) is 1. The molecule has 22 heavy (non-hydrogen) atoms. The Bertz CT molecular complexity index is 482. The maximum Gasteiger partial charge on any atom is 0.230 e. The van der Waals surface area contributed by atoms with E-state index in [9.17, 15) is 4.79 Å². The van der Waals surface area contributed by atoms with Crippen molar-refractivity contribution < 1.29 is 4.79 Å². The molecule has 1 aliphatic rings. The summed E-state index contributed by atoms with van der Waals surface area (Å²) in [6.45, 7) is 8.67. The minimum Gasteiger partial charge on any atom is -0.351 e. The number of nitrogens with one attached hydrogen (secondary N) is 1. The molecule has 0 aliphatic carbocycles. The second-order valence-electron chi connectivity index (χ2n) is 6.62. The van der Waals surface area contributed by atoms with Gasteiger partial charge in [-0.25, -0.2) is 0 Å². The second kappa shape index (κ2) is 8.59. The smallest absolute Gasteiger partial charge is 0.230 e. The Labute approximate surface area is 138 Å². The Kier molecular flexibility index (Phi) is 6.77. The van der Waals surface area contributed by atoms with E-state index in [4.69, 9.17) is 0 Å². The average Bonchev–Trinajstić information content (AvgIpc) is 2.45. The van der Waals surface area contributed by atoms with Crippen molar-refractivity contribution in [1.82, 2.24) is 10.2 Å². The monoisotopic (exact) mass is 320 g/mol. The summed E-state index contributed by atoms with van der Waals surface area (Å²) in [5.41, 5.74) is 2.58. The van der Waals surface area contributed by atoms with Gasteiger partial charge in [-0.2, -0.15) is 11.8 Å². The molecule has 3 nitrogen and oxygen atoms in total.